The summed E-state index contributed by atoms with van der Waals surface area (Å²) in [5.41, 5.74) is 2.58. The van der Waals surface area contributed by atoms with Gasteiger partial charge in [0.1, 0.15) is 11.4 Å². The van der Waals surface area contributed by atoms with Crippen molar-refractivity contribution in [3.63, 3.8) is 0 Å². The van der Waals surface area contributed by atoms with Crippen molar-refractivity contribution in [2.45, 2.75) is 0 Å². The fourth-order valence-corrected chi connectivity index (χ4v) is 2.13. The minimum absolute atomic E-state index is 0.0176. The number of carbonyl (C=O) groups is 1. The maximum atomic E-state index is 12.1. The van der Waals surface area contributed by atoms with Gasteiger partial charge in [0.25, 0.3) is 5.91 Å². The van der Waals surface area contributed by atoms with E-state index in [9.17, 15) is 9.90 Å². The molecule has 0 saturated heterocycles. The maximum Gasteiger partial charge on any atom is 0.274 e. The monoisotopic (exact) mass is 290 g/mol. The van der Waals surface area contributed by atoms with E-state index in [0.717, 1.165) is 11.1 Å². The van der Waals surface area contributed by atoms with Gasteiger partial charge in [0.2, 0.25) is 0 Å². The second-order valence-corrected chi connectivity index (χ2v) is 4.77. The number of carbonyl (C=O) groups excluding carboxylic acids is 1. The Morgan fingerprint density at radius 2 is 1.68 bits per heavy atom. The molecule has 4 nitrogen and oxygen atoms in total. The molecule has 0 atom stereocenters. The number of anilines is 1. The Morgan fingerprint density at radius 1 is 0.909 bits per heavy atom. The molecule has 0 aliphatic rings. The molecule has 22 heavy (non-hydrogen) atoms. The van der Waals surface area contributed by atoms with Gasteiger partial charge in [-0.25, -0.2) is 0 Å². The molecule has 0 spiro atoms. The lowest BCUT2D eigenvalue weighted by atomic mass is 10.0. The molecule has 3 aromatic rings. The fraction of sp³-hybridized carbons (Fsp3) is 0. The highest BCUT2D eigenvalue weighted by molar-refractivity contribution is 6.04. The molecule has 108 valence electrons. The van der Waals surface area contributed by atoms with Crippen molar-refractivity contribution in [2.24, 2.45) is 0 Å². The smallest absolute Gasteiger partial charge is 0.274 e. The van der Waals surface area contributed by atoms with Crippen LogP contribution in [0, 0.1) is 0 Å². The number of amides is 1. The highest BCUT2D eigenvalue weighted by Crippen LogP contribution is 2.29. The largest absolute Gasteiger partial charge is 0.506 e. The number of pyridine rings is 1. The van der Waals surface area contributed by atoms with Gasteiger partial charge in [-0.15, -0.1) is 0 Å². The third-order valence-electron chi connectivity index (χ3n) is 3.25. The van der Waals surface area contributed by atoms with Crippen LogP contribution in [0.25, 0.3) is 11.1 Å². The highest BCUT2D eigenvalue weighted by Gasteiger charge is 2.10. The van der Waals surface area contributed by atoms with Crippen LogP contribution >= 0.6 is 0 Å². The number of phenolic OH excluding ortho intramolecular Hbond substituents is 1. The van der Waals surface area contributed by atoms with Crippen LogP contribution in [0.1, 0.15) is 10.5 Å². The van der Waals surface area contributed by atoms with Crippen molar-refractivity contribution in [1.29, 1.82) is 0 Å². The second kappa shape index (κ2) is 6.10. The average Bonchev–Trinajstić information content (AvgIpc) is 2.58. The third-order valence-corrected chi connectivity index (χ3v) is 3.25. The van der Waals surface area contributed by atoms with Gasteiger partial charge in [0.15, 0.2) is 0 Å². The lowest BCUT2D eigenvalue weighted by Crippen LogP contribution is -2.13. The molecule has 3 rings (SSSR count). The highest BCUT2D eigenvalue weighted by atomic mass is 16.3. The van der Waals surface area contributed by atoms with Crippen molar-refractivity contribution < 1.29 is 9.90 Å². The predicted molar refractivity (Wildman–Crippen MR) is 85.7 cm³/mol. The van der Waals surface area contributed by atoms with Crippen LogP contribution in [0.2, 0.25) is 0 Å². The third kappa shape index (κ3) is 2.96. The van der Waals surface area contributed by atoms with Crippen LogP contribution in [0.5, 0.6) is 5.75 Å². The summed E-state index contributed by atoms with van der Waals surface area (Å²) in [6.07, 6.45) is 1.55. The van der Waals surface area contributed by atoms with Crippen molar-refractivity contribution in [2.75, 3.05) is 5.32 Å². The first-order valence-corrected chi connectivity index (χ1v) is 6.85. The predicted octanol–water partition coefficient (Wildman–Crippen LogP) is 3.71. The molecule has 0 bridgehead atoms. The van der Waals surface area contributed by atoms with Crippen molar-refractivity contribution >= 4 is 11.6 Å². The van der Waals surface area contributed by atoms with Crippen molar-refractivity contribution in [1.82, 2.24) is 4.98 Å². The minimum atomic E-state index is -0.360. The molecule has 0 fully saturated rings. The second-order valence-electron chi connectivity index (χ2n) is 4.77. The minimum Gasteiger partial charge on any atom is -0.506 e. The molecular formula is C18H14N2O2. The zero-order chi connectivity index (χ0) is 15.4. The Bertz CT molecular complexity index is 787. The zero-order valence-electron chi connectivity index (χ0n) is 11.7. The lowest BCUT2D eigenvalue weighted by molar-refractivity contribution is 0.102. The molecule has 2 N–H and O–H groups in total. The molecule has 0 unspecified atom stereocenters. The quantitative estimate of drug-likeness (QED) is 0.723. The van der Waals surface area contributed by atoms with E-state index in [1.165, 1.54) is 0 Å². The van der Waals surface area contributed by atoms with Gasteiger partial charge in [-0.05, 0) is 35.4 Å². The standard InChI is InChI=1S/C18H14N2O2/c21-17-10-9-14(13-6-2-1-3-7-13)12-16(17)20-18(22)15-8-4-5-11-19-15/h1-12,21H,(H,20,22). The topological polar surface area (TPSA) is 62.2 Å². The Hall–Kier alpha value is -3.14. The van der Waals surface area contributed by atoms with E-state index in [-0.39, 0.29) is 11.7 Å². The van der Waals surface area contributed by atoms with Crippen LogP contribution in [-0.4, -0.2) is 16.0 Å². The van der Waals surface area contributed by atoms with Crippen LogP contribution < -0.4 is 5.32 Å². The number of nitrogens with zero attached hydrogens (tertiary/aromatic N) is 1. The maximum absolute atomic E-state index is 12.1. The number of phenols is 1. The molecule has 1 amide bonds. The van der Waals surface area contributed by atoms with Crippen LogP contribution in [0.4, 0.5) is 5.69 Å². The van der Waals surface area contributed by atoms with Gasteiger partial charge in [-0.1, -0.05) is 42.5 Å². The first kappa shape index (κ1) is 13.8. The number of aromatic nitrogens is 1. The van der Waals surface area contributed by atoms with Gasteiger partial charge < -0.3 is 10.4 Å². The van der Waals surface area contributed by atoms with Gasteiger partial charge in [-0.2, -0.15) is 0 Å². The van der Waals surface area contributed by atoms with Crippen LogP contribution in [-0.2, 0) is 0 Å². The summed E-state index contributed by atoms with van der Waals surface area (Å²) in [6, 6.07) is 20.0. The van der Waals surface area contributed by atoms with Gasteiger partial charge >= 0.3 is 0 Å². The van der Waals surface area contributed by atoms with E-state index in [1.54, 1.807) is 42.6 Å². The summed E-state index contributed by atoms with van der Waals surface area (Å²) in [5, 5.41) is 12.6. The Labute approximate surface area is 128 Å². The fourth-order valence-electron chi connectivity index (χ4n) is 2.13. The molecule has 0 aliphatic carbocycles. The number of aromatic hydroxyl groups is 1. The molecule has 0 radical (unpaired) electrons. The normalized spacial score (nSPS) is 10.2. The summed E-state index contributed by atoms with van der Waals surface area (Å²) in [5.74, 6) is -0.343. The summed E-state index contributed by atoms with van der Waals surface area (Å²) < 4.78 is 0. The summed E-state index contributed by atoms with van der Waals surface area (Å²) in [4.78, 5) is 16.1. The van der Waals surface area contributed by atoms with E-state index in [4.69, 9.17) is 0 Å². The SMILES string of the molecule is O=C(Nc1cc(-c2ccccc2)ccc1O)c1ccccn1. The first-order valence-electron chi connectivity index (χ1n) is 6.85. The molecular weight excluding hydrogens is 276 g/mol. The number of benzene rings is 2. The first-order chi connectivity index (χ1) is 10.7. The van der Waals surface area contributed by atoms with E-state index in [2.05, 4.69) is 10.3 Å². The Balaban J connectivity index is 1.89. The lowest BCUT2D eigenvalue weighted by Gasteiger charge is -2.09. The van der Waals surface area contributed by atoms with E-state index < -0.39 is 0 Å². The van der Waals surface area contributed by atoms with Gasteiger partial charge in [0, 0.05) is 6.20 Å². The van der Waals surface area contributed by atoms with Gasteiger partial charge in [0.05, 0.1) is 5.69 Å². The van der Waals surface area contributed by atoms with Crippen molar-refractivity contribution in [3.05, 3.63) is 78.6 Å². The van der Waals surface area contributed by atoms with E-state index in [0.29, 0.717) is 11.4 Å². The Morgan fingerprint density at radius 3 is 2.41 bits per heavy atom. The average molecular weight is 290 g/mol. The molecule has 0 saturated carbocycles. The van der Waals surface area contributed by atoms with E-state index >= 15 is 0 Å². The van der Waals surface area contributed by atoms with E-state index in [1.807, 2.05) is 30.3 Å². The van der Waals surface area contributed by atoms with Crippen LogP contribution in [0.3, 0.4) is 0 Å². The number of hydrogen-bond acceptors (Lipinski definition) is 3. The molecule has 1 heterocycles. The number of hydrogen-bond donors (Lipinski definition) is 2. The molecule has 4 heteroatoms. The van der Waals surface area contributed by atoms with Gasteiger partial charge in [-0.3, -0.25) is 9.78 Å². The molecule has 0 aliphatic heterocycles. The van der Waals surface area contributed by atoms with Crippen LogP contribution in [0.15, 0.2) is 72.9 Å². The summed E-state index contributed by atoms with van der Waals surface area (Å²) in [7, 11) is 0. The molecule has 1 aromatic heterocycles. The number of nitrogens with one attached hydrogen (secondary N) is 1. The van der Waals surface area contributed by atoms with Crippen molar-refractivity contribution in [3.8, 4) is 16.9 Å². The molecule has 2 aromatic carbocycles. The Kier molecular flexibility index (Phi) is 3.83. The summed E-state index contributed by atoms with van der Waals surface area (Å²) >= 11 is 0. The zero-order valence-corrected chi connectivity index (χ0v) is 11.7. The number of rotatable bonds is 3. The summed E-state index contributed by atoms with van der Waals surface area (Å²) in [6.45, 7) is 0.